The first-order valence-electron chi connectivity index (χ1n) is 9.40. The number of halogens is 1. The number of nitrogens with zero attached hydrogens (tertiary/aromatic N) is 2. The molecule has 0 aliphatic heterocycles. The molecule has 2 aromatic carbocycles. The van der Waals surface area contributed by atoms with Gasteiger partial charge in [0, 0.05) is 29.5 Å². The Morgan fingerprint density at radius 3 is 2.48 bits per heavy atom. The Bertz CT molecular complexity index is 1060. The molecule has 1 atom stereocenters. The summed E-state index contributed by atoms with van der Waals surface area (Å²) in [7, 11) is 1.81. The molecular formula is C22H24ClN3O2S. The van der Waals surface area contributed by atoms with Gasteiger partial charge in [0.1, 0.15) is 5.69 Å². The fourth-order valence-corrected chi connectivity index (χ4v) is 4.54. The van der Waals surface area contributed by atoms with Gasteiger partial charge in [-0.2, -0.15) is 11.8 Å². The van der Waals surface area contributed by atoms with Gasteiger partial charge in [-0.1, -0.05) is 48.0 Å². The van der Waals surface area contributed by atoms with Crippen molar-refractivity contribution in [2.45, 2.75) is 25.5 Å². The summed E-state index contributed by atoms with van der Waals surface area (Å²) < 4.78 is 3.31. The van der Waals surface area contributed by atoms with Crippen molar-refractivity contribution in [3.05, 3.63) is 81.2 Å². The molecule has 0 saturated heterocycles. The maximum atomic E-state index is 12.9. The van der Waals surface area contributed by atoms with Crippen molar-refractivity contribution in [2.24, 2.45) is 7.05 Å². The van der Waals surface area contributed by atoms with Crippen LogP contribution in [0.15, 0.2) is 59.4 Å². The van der Waals surface area contributed by atoms with Gasteiger partial charge < -0.3 is 5.32 Å². The van der Waals surface area contributed by atoms with Crippen LogP contribution in [-0.2, 0) is 11.8 Å². The molecule has 152 valence electrons. The van der Waals surface area contributed by atoms with Crippen molar-refractivity contribution in [3.8, 4) is 5.69 Å². The van der Waals surface area contributed by atoms with Crippen molar-refractivity contribution in [2.75, 3.05) is 11.1 Å². The average Bonchev–Trinajstić information content (AvgIpc) is 2.92. The van der Waals surface area contributed by atoms with Gasteiger partial charge in [-0.05, 0) is 37.6 Å². The van der Waals surface area contributed by atoms with Crippen molar-refractivity contribution in [1.29, 1.82) is 0 Å². The van der Waals surface area contributed by atoms with Crippen LogP contribution in [0.3, 0.4) is 0 Å². The third kappa shape index (κ3) is 4.77. The van der Waals surface area contributed by atoms with Crippen LogP contribution in [-0.4, -0.2) is 21.0 Å². The minimum atomic E-state index is -0.235. The number of hydrogen-bond donors (Lipinski definition) is 1. The molecule has 0 radical (unpaired) electrons. The molecule has 29 heavy (non-hydrogen) atoms. The number of aromatic nitrogens is 2. The van der Waals surface area contributed by atoms with Crippen LogP contribution in [0.5, 0.6) is 0 Å². The molecule has 1 heterocycles. The van der Waals surface area contributed by atoms with E-state index in [-0.39, 0.29) is 16.7 Å². The van der Waals surface area contributed by atoms with Crippen molar-refractivity contribution >= 4 is 35.0 Å². The van der Waals surface area contributed by atoms with Crippen LogP contribution in [0, 0.1) is 6.92 Å². The van der Waals surface area contributed by atoms with Gasteiger partial charge in [-0.3, -0.25) is 14.3 Å². The molecule has 0 saturated carbocycles. The number of para-hydroxylation sites is 1. The lowest BCUT2D eigenvalue weighted by Crippen LogP contribution is -2.23. The maximum absolute atomic E-state index is 12.9. The van der Waals surface area contributed by atoms with Crippen LogP contribution < -0.4 is 10.9 Å². The van der Waals surface area contributed by atoms with Gasteiger partial charge in [-0.15, -0.1) is 0 Å². The summed E-state index contributed by atoms with van der Waals surface area (Å²) in [6.45, 7) is 3.90. The zero-order valence-corrected chi connectivity index (χ0v) is 18.3. The van der Waals surface area contributed by atoms with E-state index in [9.17, 15) is 9.59 Å². The summed E-state index contributed by atoms with van der Waals surface area (Å²) in [5.74, 6) is 0.464. The number of thioether (sulfide) groups is 1. The van der Waals surface area contributed by atoms with E-state index in [1.165, 1.54) is 0 Å². The van der Waals surface area contributed by atoms with Crippen LogP contribution in [0.4, 0.5) is 5.69 Å². The molecule has 1 amide bonds. The minimum Gasteiger partial charge on any atom is -0.320 e. The first-order valence-corrected chi connectivity index (χ1v) is 10.8. The quantitative estimate of drug-likeness (QED) is 0.577. The molecule has 0 aliphatic rings. The van der Waals surface area contributed by atoms with Gasteiger partial charge in [-0.25, -0.2) is 4.68 Å². The average molecular weight is 430 g/mol. The van der Waals surface area contributed by atoms with E-state index in [1.807, 2.05) is 61.5 Å². The predicted molar refractivity (Wildman–Crippen MR) is 121 cm³/mol. The number of anilines is 1. The lowest BCUT2D eigenvalue weighted by Gasteiger charge is -2.13. The van der Waals surface area contributed by atoms with E-state index < -0.39 is 0 Å². The lowest BCUT2D eigenvalue weighted by molar-refractivity contribution is -0.115. The van der Waals surface area contributed by atoms with E-state index in [2.05, 4.69) is 12.2 Å². The number of nitrogens with one attached hydrogen (secondary N) is 1. The summed E-state index contributed by atoms with van der Waals surface area (Å²) in [6, 6.07) is 17.1. The third-order valence-corrected chi connectivity index (χ3v) is 6.40. The standard InChI is InChI=1S/C22H24ClN3O2S/c1-15-21(22(28)26(25(15)3)17-9-5-4-6-10-17)24-20(27)13-14-29-16(2)18-11-7-8-12-19(18)23/h4-12,16H,13-14H2,1-3H3,(H,24,27)/t16-/m0/s1. The largest absolute Gasteiger partial charge is 0.320 e. The Hall–Kier alpha value is -2.44. The highest BCUT2D eigenvalue weighted by Crippen LogP contribution is 2.33. The molecule has 3 aromatic rings. The van der Waals surface area contributed by atoms with Gasteiger partial charge in [0.15, 0.2) is 0 Å². The summed E-state index contributed by atoms with van der Waals surface area (Å²) in [6.07, 6.45) is 0.318. The first kappa shape index (κ1) is 21.3. The molecule has 1 N–H and O–H groups in total. The van der Waals surface area contributed by atoms with Gasteiger partial charge >= 0.3 is 0 Å². The Labute approximate surface area is 179 Å². The summed E-state index contributed by atoms with van der Waals surface area (Å²) in [5, 5.41) is 3.72. The highest BCUT2D eigenvalue weighted by molar-refractivity contribution is 7.99. The summed E-state index contributed by atoms with van der Waals surface area (Å²) >= 11 is 7.90. The first-order chi connectivity index (χ1) is 13.9. The second-order valence-corrected chi connectivity index (χ2v) is 8.63. The molecule has 0 unspecified atom stereocenters. The van der Waals surface area contributed by atoms with E-state index in [0.717, 1.165) is 16.3 Å². The predicted octanol–water partition coefficient (Wildman–Crippen LogP) is 4.96. The number of carbonyl (C=O) groups excluding carboxylic acids is 1. The normalized spacial score (nSPS) is 12.0. The molecule has 0 aliphatic carbocycles. The zero-order chi connectivity index (χ0) is 21.0. The van der Waals surface area contributed by atoms with E-state index in [0.29, 0.717) is 23.6 Å². The number of carbonyl (C=O) groups is 1. The van der Waals surface area contributed by atoms with Crippen LogP contribution >= 0.6 is 23.4 Å². The molecule has 3 rings (SSSR count). The molecule has 0 spiro atoms. The molecule has 1 aromatic heterocycles. The SMILES string of the molecule is Cc1c(NC(=O)CCS[C@@H](C)c2ccccc2Cl)c(=O)n(-c2ccccc2)n1C. The highest BCUT2D eigenvalue weighted by Gasteiger charge is 2.18. The topological polar surface area (TPSA) is 56.0 Å². The third-order valence-electron chi connectivity index (χ3n) is 4.86. The lowest BCUT2D eigenvalue weighted by atomic mass is 10.2. The summed E-state index contributed by atoms with van der Waals surface area (Å²) in [5.41, 5.74) is 2.62. The van der Waals surface area contributed by atoms with E-state index in [1.54, 1.807) is 28.2 Å². The Balaban J connectivity index is 1.64. The maximum Gasteiger partial charge on any atom is 0.295 e. The van der Waals surface area contributed by atoms with Gasteiger partial charge in [0.25, 0.3) is 5.56 Å². The second-order valence-electron chi connectivity index (χ2n) is 6.77. The Kier molecular flexibility index (Phi) is 6.87. The van der Waals surface area contributed by atoms with Crippen LogP contribution in [0.25, 0.3) is 5.69 Å². The molecule has 7 heteroatoms. The molecular weight excluding hydrogens is 406 g/mol. The fraction of sp³-hybridized carbons (Fsp3) is 0.273. The molecule has 5 nitrogen and oxygen atoms in total. The Morgan fingerprint density at radius 2 is 1.79 bits per heavy atom. The fourth-order valence-electron chi connectivity index (χ4n) is 3.14. The van der Waals surface area contributed by atoms with Crippen molar-refractivity contribution in [3.63, 3.8) is 0 Å². The van der Waals surface area contributed by atoms with Gasteiger partial charge in [0.05, 0.1) is 11.4 Å². The van der Waals surface area contributed by atoms with E-state index in [4.69, 9.17) is 11.6 Å². The zero-order valence-electron chi connectivity index (χ0n) is 16.7. The molecule has 0 fully saturated rings. The van der Waals surface area contributed by atoms with Gasteiger partial charge in [0.2, 0.25) is 5.91 Å². The van der Waals surface area contributed by atoms with Crippen LogP contribution in [0.1, 0.15) is 29.9 Å². The van der Waals surface area contributed by atoms with Crippen molar-refractivity contribution in [1.82, 2.24) is 9.36 Å². The van der Waals surface area contributed by atoms with Crippen LogP contribution in [0.2, 0.25) is 5.02 Å². The number of hydrogen-bond acceptors (Lipinski definition) is 3. The monoisotopic (exact) mass is 429 g/mol. The van der Waals surface area contributed by atoms with E-state index >= 15 is 0 Å². The highest BCUT2D eigenvalue weighted by atomic mass is 35.5. The second kappa shape index (κ2) is 9.37. The number of benzene rings is 2. The minimum absolute atomic E-state index is 0.171. The number of amides is 1. The van der Waals surface area contributed by atoms with Crippen molar-refractivity contribution < 1.29 is 4.79 Å². The smallest absolute Gasteiger partial charge is 0.295 e. The Morgan fingerprint density at radius 1 is 1.14 bits per heavy atom. The summed E-state index contributed by atoms with van der Waals surface area (Å²) in [4.78, 5) is 25.3. The number of rotatable bonds is 7. The molecule has 0 bridgehead atoms.